The van der Waals surface area contributed by atoms with Crippen LogP contribution < -0.4 is 10.6 Å². The predicted molar refractivity (Wildman–Crippen MR) is 107 cm³/mol. The molecule has 1 amide bonds. The van der Waals surface area contributed by atoms with Crippen LogP contribution in [0.3, 0.4) is 0 Å². The molecular formula is C22H26F4N2O3. The Balaban J connectivity index is 2.06. The van der Waals surface area contributed by atoms with Gasteiger partial charge in [0.1, 0.15) is 28.9 Å². The number of halogens is 4. The number of carbonyl (C=O) groups excluding carboxylic acids is 1. The zero-order valence-electron chi connectivity index (χ0n) is 17.5. The van der Waals surface area contributed by atoms with Gasteiger partial charge in [0.2, 0.25) is 0 Å². The Morgan fingerprint density at radius 3 is 1.90 bits per heavy atom. The Bertz CT molecular complexity index is 862. The summed E-state index contributed by atoms with van der Waals surface area (Å²) in [5.74, 6) is -3.02. The van der Waals surface area contributed by atoms with Crippen molar-refractivity contribution in [1.29, 1.82) is 0 Å². The molecular weight excluding hydrogens is 416 g/mol. The first kappa shape index (κ1) is 24.6. The van der Waals surface area contributed by atoms with E-state index in [1.165, 1.54) is 0 Å². The second kappa shape index (κ2) is 10.6. The highest BCUT2D eigenvalue weighted by molar-refractivity contribution is 5.68. The molecule has 0 heterocycles. The van der Waals surface area contributed by atoms with Crippen molar-refractivity contribution in [2.75, 3.05) is 6.54 Å². The third-order valence-corrected chi connectivity index (χ3v) is 4.15. The first-order valence-electron chi connectivity index (χ1n) is 9.69. The molecule has 0 unspecified atom stereocenters. The number of nitrogens with one attached hydrogen (secondary N) is 2. The second-order valence-electron chi connectivity index (χ2n) is 8.21. The van der Waals surface area contributed by atoms with E-state index >= 15 is 0 Å². The van der Waals surface area contributed by atoms with Crippen LogP contribution in [0.1, 0.15) is 31.9 Å². The monoisotopic (exact) mass is 442 g/mol. The van der Waals surface area contributed by atoms with E-state index in [1.54, 1.807) is 20.8 Å². The number of rotatable bonds is 8. The fourth-order valence-corrected chi connectivity index (χ4v) is 2.94. The van der Waals surface area contributed by atoms with Gasteiger partial charge in [-0.25, -0.2) is 22.4 Å². The Morgan fingerprint density at radius 2 is 1.42 bits per heavy atom. The van der Waals surface area contributed by atoms with Crippen LogP contribution in [0, 0.1) is 23.3 Å². The van der Waals surface area contributed by atoms with Gasteiger partial charge in [0.25, 0.3) is 0 Å². The minimum Gasteiger partial charge on any atom is -0.444 e. The number of aliphatic hydroxyl groups is 1. The van der Waals surface area contributed by atoms with E-state index < -0.39 is 47.1 Å². The summed E-state index contributed by atoms with van der Waals surface area (Å²) in [7, 11) is 0. The number of hydrogen-bond donors (Lipinski definition) is 3. The Kier molecular flexibility index (Phi) is 8.41. The molecule has 0 aliphatic rings. The molecule has 0 aliphatic heterocycles. The number of ether oxygens (including phenoxy) is 1. The van der Waals surface area contributed by atoms with E-state index in [-0.39, 0.29) is 25.1 Å². The number of hydrogen-bond acceptors (Lipinski definition) is 4. The third-order valence-electron chi connectivity index (χ3n) is 4.15. The Labute approximate surface area is 178 Å². The van der Waals surface area contributed by atoms with Gasteiger partial charge in [-0.2, -0.15) is 0 Å². The fourth-order valence-electron chi connectivity index (χ4n) is 2.94. The van der Waals surface area contributed by atoms with Crippen LogP contribution in [0.15, 0.2) is 36.4 Å². The molecule has 2 rings (SSSR count). The maximum Gasteiger partial charge on any atom is 0.407 e. The average Bonchev–Trinajstić information content (AvgIpc) is 2.57. The molecule has 2 atom stereocenters. The Morgan fingerprint density at radius 1 is 0.935 bits per heavy atom. The molecule has 2 aromatic rings. The normalized spacial score (nSPS) is 13.5. The summed E-state index contributed by atoms with van der Waals surface area (Å²) in [5, 5.41) is 15.9. The average molecular weight is 442 g/mol. The van der Waals surface area contributed by atoms with Crippen LogP contribution >= 0.6 is 0 Å². The van der Waals surface area contributed by atoms with Gasteiger partial charge in [-0.05, 0) is 62.6 Å². The first-order chi connectivity index (χ1) is 14.4. The first-order valence-corrected chi connectivity index (χ1v) is 9.69. The molecule has 0 saturated heterocycles. The summed E-state index contributed by atoms with van der Waals surface area (Å²) >= 11 is 0. The molecule has 0 radical (unpaired) electrons. The van der Waals surface area contributed by atoms with Gasteiger partial charge in [0.05, 0.1) is 12.1 Å². The van der Waals surface area contributed by atoms with Crippen molar-refractivity contribution in [2.24, 2.45) is 0 Å². The summed E-state index contributed by atoms with van der Waals surface area (Å²) in [6, 6.07) is 5.01. The molecule has 3 N–H and O–H groups in total. The van der Waals surface area contributed by atoms with Gasteiger partial charge < -0.3 is 20.5 Å². The maximum absolute atomic E-state index is 13.5. The molecule has 0 fully saturated rings. The van der Waals surface area contributed by atoms with Gasteiger partial charge in [0, 0.05) is 25.2 Å². The highest BCUT2D eigenvalue weighted by Crippen LogP contribution is 2.14. The molecule has 0 spiro atoms. The molecule has 170 valence electrons. The van der Waals surface area contributed by atoms with Crippen molar-refractivity contribution in [1.82, 2.24) is 10.6 Å². The SMILES string of the molecule is CC(C)(C)OC(=O)N[C@@H](Cc1cc(F)cc(F)c1)[C@H](O)CNCc1cc(F)cc(F)c1. The van der Waals surface area contributed by atoms with E-state index in [4.69, 9.17) is 4.74 Å². The van der Waals surface area contributed by atoms with Crippen LogP contribution in [0.25, 0.3) is 0 Å². The van der Waals surface area contributed by atoms with Crippen molar-refractivity contribution < 1.29 is 32.2 Å². The number of aliphatic hydroxyl groups excluding tert-OH is 1. The van der Waals surface area contributed by atoms with Gasteiger partial charge in [-0.15, -0.1) is 0 Å². The molecule has 0 bridgehead atoms. The van der Waals surface area contributed by atoms with E-state index in [2.05, 4.69) is 10.6 Å². The minimum atomic E-state index is -1.20. The largest absolute Gasteiger partial charge is 0.444 e. The van der Waals surface area contributed by atoms with Crippen molar-refractivity contribution in [3.05, 3.63) is 70.8 Å². The van der Waals surface area contributed by atoms with Crippen LogP contribution in [0.2, 0.25) is 0 Å². The molecule has 0 aromatic heterocycles. The molecule has 31 heavy (non-hydrogen) atoms. The van der Waals surface area contributed by atoms with Gasteiger partial charge in [-0.1, -0.05) is 0 Å². The highest BCUT2D eigenvalue weighted by atomic mass is 19.1. The van der Waals surface area contributed by atoms with E-state index in [0.717, 1.165) is 36.4 Å². The molecule has 9 heteroatoms. The van der Waals surface area contributed by atoms with E-state index in [0.29, 0.717) is 5.56 Å². The van der Waals surface area contributed by atoms with Crippen LogP contribution in [0.5, 0.6) is 0 Å². The number of benzene rings is 2. The van der Waals surface area contributed by atoms with Crippen LogP contribution in [-0.4, -0.2) is 35.5 Å². The van der Waals surface area contributed by atoms with Gasteiger partial charge in [-0.3, -0.25) is 0 Å². The zero-order chi connectivity index (χ0) is 23.2. The number of carbonyl (C=O) groups is 1. The maximum atomic E-state index is 13.5. The van der Waals surface area contributed by atoms with Crippen molar-refractivity contribution in [3.63, 3.8) is 0 Å². The molecule has 0 aliphatic carbocycles. The number of amides is 1. The lowest BCUT2D eigenvalue weighted by Crippen LogP contribution is -2.49. The molecule has 5 nitrogen and oxygen atoms in total. The summed E-state index contributed by atoms with van der Waals surface area (Å²) in [6.45, 7) is 4.98. The van der Waals surface area contributed by atoms with Crippen LogP contribution in [0.4, 0.5) is 22.4 Å². The summed E-state index contributed by atoms with van der Waals surface area (Å²) in [5.41, 5.74) is -0.233. The Hall–Kier alpha value is -2.65. The fraction of sp³-hybridized carbons (Fsp3) is 0.409. The lowest BCUT2D eigenvalue weighted by Gasteiger charge is -2.27. The summed E-state index contributed by atoms with van der Waals surface area (Å²) in [6.07, 6.45) is -2.08. The quantitative estimate of drug-likeness (QED) is 0.544. The molecule has 2 aromatic carbocycles. The zero-order valence-corrected chi connectivity index (χ0v) is 17.5. The topological polar surface area (TPSA) is 70.6 Å². The van der Waals surface area contributed by atoms with Crippen LogP contribution in [-0.2, 0) is 17.7 Å². The van der Waals surface area contributed by atoms with Gasteiger partial charge in [0.15, 0.2) is 0 Å². The minimum absolute atomic E-state index is 0.0551. The van der Waals surface area contributed by atoms with Gasteiger partial charge >= 0.3 is 6.09 Å². The smallest absolute Gasteiger partial charge is 0.407 e. The third kappa shape index (κ3) is 8.94. The van der Waals surface area contributed by atoms with E-state index in [9.17, 15) is 27.5 Å². The summed E-state index contributed by atoms with van der Waals surface area (Å²) < 4.78 is 58.8. The predicted octanol–water partition coefficient (Wildman–Crippen LogP) is 3.83. The standard InChI is InChI=1S/C22H26F4N2O3/c1-22(2,3)31-21(30)28-19(8-13-4-15(23)9-16(24)5-13)20(29)12-27-11-14-6-17(25)10-18(26)7-14/h4-7,9-10,19-20,27,29H,8,11-12H2,1-3H3,(H,28,30)/t19-,20+/m0/s1. The lowest BCUT2D eigenvalue weighted by atomic mass is 10.0. The number of alkyl carbamates (subject to hydrolysis) is 1. The van der Waals surface area contributed by atoms with Crippen molar-refractivity contribution >= 4 is 6.09 Å². The highest BCUT2D eigenvalue weighted by Gasteiger charge is 2.25. The van der Waals surface area contributed by atoms with E-state index in [1.807, 2.05) is 0 Å². The van der Waals surface area contributed by atoms with Crippen molar-refractivity contribution in [2.45, 2.75) is 51.5 Å². The van der Waals surface area contributed by atoms with Crippen molar-refractivity contribution in [3.8, 4) is 0 Å². The molecule has 0 saturated carbocycles. The lowest BCUT2D eigenvalue weighted by molar-refractivity contribution is 0.0422. The summed E-state index contributed by atoms with van der Waals surface area (Å²) in [4.78, 5) is 12.2. The second-order valence-corrected chi connectivity index (χ2v) is 8.21.